The maximum absolute atomic E-state index is 10.9. The van der Waals surface area contributed by atoms with Crippen LogP contribution in [0, 0.1) is 0 Å². The lowest BCUT2D eigenvalue weighted by atomic mass is 9.99. The van der Waals surface area contributed by atoms with Crippen molar-refractivity contribution in [3.05, 3.63) is 60.2 Å². The van der Waals surface area contributed by atoms with Crippen molar-refractivity contribution in [2.24, 2.45) is 0 Å². The van der Waals surface area contributed by atoms with Gasteiger partial charge < -0.3 is 4.74 Å². The fraction of sp³-hybridized carbons (Fsp3) is 0.250. The highest BCUT2D eigenvalue weighted by molar-refractivity contribution is 7.80. The normalized spacial score (nSPS) is 14.2. The van der Waals surface area contributed by atoms with E-state index >= 15 is 0 Å². The van der Waals surface area contributed by atoms with Gasteiger partial charge in [-0.2, -0.15) is 8.42 Å². The van der Waals surface area contributed by atoms with E-state index in [2.05, 4.69) is 9.50 Å². The predicted molar refractivity (Wildman–Crippen MR) is 86.9 cm³/mol. The lowest BCUT2D eigenvalue weighted by molar-refractivity contribution is 0.136. The molecule has 0 amide bonds. The molecule has 0 saturated carbocycles. The van der Waals surface area contributed by atoms with Crippen molar-refractivity contribution in [1.82, 2.24) is 5.32 Å². The maximum atomic E-state index is 10.9. The topological polar surface area (TPSA) is 84.9 Å². The number of hydrogen-bond donors (Lipinski definition) is 2. The Labute approximate surface area is 136 Å². The molecule has 0 aromatic heterocycles. The van der Waals surface area contributed by atoms with E-state index < -0.39 is 16.6 Å². The second-order valence-corrected chi connectivity index (χ2v) is 6.06. The molecular formula is C16H19NO5S. The van der Waals surface area contributed by atoms with Crippen LogP contribution in [0.1, 0.15) is 18.4 Å². The summed E-state index contributed by atoms with van der Waals surface area (Å²) in [4.78, 5) is 0. The Balaban J connectivity index is 2.17. The standard InChI is InChI=1S/C16H19NO5S/c1-12(16(17-2)22-23(18,19)20)13-7-6-10-15(11-13)21-14-8-4-3-5-9-14/h3-12,16-17H,1-2H3,(H,18,19,20). The molecule has 0 bridgehead atoms. The zero-order valence-electron chi connectivity index (χ0n) is 12.8. The van der Waals surface area contributed by atoms with Gasteiger partial charge in [0.15, 0.2) is 0 Å². The first-order chi connectivity index (χ1) is 10.9. The summed E-state index contributed by atoms with van der Waals surface area (Å²) in [5.74, 6) is 1.00. The van der Waals surface area contributed by atoms with E-state index in [0.717, 1.165) is 5.56 Å². The zero-order valence-corrected chi connectivity index (χ0v) is 13.7. The Bertz CT molecular complexity index is 733. The monoisotopic (exact) mass is 337 g/mol. The van der Waals surface area contributed by atoms with E-state index in [4.69, 9.17) is 9.29 Å². The molecular weight excluding hydrogens is 318 g/mol. The first kappa shape index (κ1) is 17.4. The Morgan fingerprint density at radius 1 is 1.04 bits per heavy atom. The van der Waals surface area contributed by atoms with Gasteiger partial charge in [0.05, 0.1) is 0 Å². The van der Waals surface area contributed by atoms with Crippen molar-refractivity contribution in [2.75, 3.05) is 7.05 Å². The molecule has 2 unspecified atom stereocenters. The highest BCUT2D eigenvalue weighted by Crippen LogP contribution is 2.27. The summed E-state index contributed by atoms with van der Waals surface area (Å²) in [6.45, 7) is 1.79. The maximum Gasteiger partial charge on any atom is 0.398 e. The van der Waals surface area contributed by atoms with Crippen molar-refractivity contribution < 1.29 is 21.9 Å². The van der Waals surface area contributed by atoms with Crippen LogP contribution in [-0.2, 0) is 14.6 Å². The van der Waals surface area contributed by atoms with Crippen LogP contribution < -0.4 is 10.1 Å². The van der Waals surface area contributed by atoms with Gasteiger partial charge in [-0.15, -0.1) is 0 Å². The molecule has 2 rings (SSSR count). The molecule has 23 heavy (non-hydrogen) atoms. The summed E-state index contributed by atoms with van der Waals surface area (Å²) in [5.41, 5.74) is 0.807. The van der Waals surface area contributed by atoms with Crippen molar-refractivity contribution in [3.8, 4) is 11.5 Å². The summed E-state index contributed by atoms with van der Waals surface area (Å²) in [6, 6.07) is 16.6. The quantitative estimate of drug-likeness (QED) is 0.597. The fourth-order valence-corrected chi connectivity index (χ4v) is 2.70. The molecule has 0 spiro atoms. The van der Waals surface area contributed by atoms with E-state index in [1.807, 2.05) is 42.5 Å². The first-order valence-electron chi connectivity index (χ1n) is 7.05. The third kappa shape index (κ3) is 5.33. The third-order valence-electron chi connectivity index (χ3n) is 3.33. The predicted octanol–water partition coefficient (Wildman–Crippen LogP) is 2.95. The van der Waals surface area contributed by atoms with Gasteiger partial charge in [0, 0.05) is 5.92 Å². The van der Waals surface area contributed by atoms with Crippen LogP contribution in [0.15, 0.2) is 54.6 Å². The van der Waals surface area contributed by atoms with Gasteiger partial charge in [-0.25, -0.2) is 4.18 Å². The van der Waals surface area contributed by atoms with Crippen LogP contribution in [-0.4, -0.2) is 26.2 Å². The molecule has 2 aromatic carbocycles. The molecule has 0 heterocycles. The molecule has 2 atom stereocenters. The van der Waals surface area contributed by atoms with Crippen LogP contribution in [0.25, 0.3) is 0 Å². The SMILES string of the molecule is CNC(OS(=O)(=O)O)C(C)c1cccc(Oc2ccccc2)c1. The average molecular weight is 337 g/mol. The lowest BCUT2D eigenvalue weighted by Gasteiger charge is -2.22. The van der Waals surface area contributed by atoms with Crippen LogP contribution in [0.2, 0.25) is 0 Å². The van der Waals surface area contributed by atoms with Gasteiger partial charge in [-0.1, -0.05) is 37.3 Å². The molecule has 0 saturated heterocycles. The summed E-state index contributed by atoms with van der Waals surface area (Å²) >= 11 is 0. The van der Waals surface area contributed by atoms with Crippen LogP contribution >= 0.6 is 0 Å². The Hall–Kier alpha value is -1.93. The summed E-state index contributed by atoms with van der Waals surface area (Å²) in [7, 11) is -2.99. The number of nitrogens with one attached hydrogen (secondary N) is 1. The molecule has 2 aromatic rings. The van der Waals surface area contributed by atoms with Gasteiger partial charge in [-0.3, -0.25) is 9.87 Å². The molecule has 7 heteroatoms. The fourth-order valence-electron chi connectivity index (χ4n) is 2.17. The Morgan fingerprint density at radius 2 is 1.70 bits per heavy atom. The van der Waals surface area contributed by atoms with Crippen molar-refractivity contribution >= 4 is 10.4 Å². The molecule has 124 valence electrons. The number of hydrogen-bond acceptors (Lipinski definition) is 5. The summed E-state index contributed by atoms with van der Waals surface area (Å²) in [6.07, 6.45) is -0.892. The minimum absolute atomic E-state index is 0.332. The van der Waals surface area contributed by atoms with E-state index in [1.165, 1.54) is 0 Å². The summed E-state index contributed by atoms with van der Waals surface area (Å²) < 4.78 is 41.1. The average Bonchev–Trinajstić information content (AvgIpc) is 2.52. The highest BCUT2D eigenvalue weighted by Gasteiger charge is 2.23. The minimum atomic E-state index is -4.54. The molecule has 0 aliphatic carbocycles. The van der Waals surface area contributed by atoms with Crippen LogP contribution in [0.4, 0.5) is 0 Å². The molecule has 0 aliphatic heterocycles. The van der Waals surface area contributed by atoms with Crippen LogP contribution in [0.5, 0.6) is 11.5 Å². The number of rotatable bonds is 7. The van der Waals surface area contributed by atoms with Crippen molar-refractivity contribution in [2.45, 2.75) is 19.1 Å². The first-order valence-corrected chi connectivity index (χ1v) is 8.41. The van der Waals surface area contributed by atoms with Gasteiger partial charge in [-0.05, 0) is 36.9 Å². The smallest absolute Gasteiger partial charge is 0.398 e. The molecule has 0 fully saturated rings. The largest absolute Gasteiger partial charge is 0.457 e. The minimum Gasteiger partial charge on any atom is -0.457 e. The number of ether oxygens (including phenoxy) is 1. The molecule has 2 N–H and O–H groups in total. The van der Waals surface area contributed by atoms with E-state index in [-0.39, 0.29) is 5.92 Å². The zero-order chi connectivity index (χ0) is 16.9. The number of para-hydroxylation sites is 1. The number of benzene rings is 2. The number of likely N-dealkylation sites (N-methyl/N-ethyl adjacent to an activating group) is 1. The second-order valence-electron chi connectivity index (χ2n) is 5.01. The van der Waals surface area contributed by atoms with Crippen LogP contribution in [0.3, 0.4) is 0 Å². The third-order valence-corrected chi connectivity index (χ3v) is 3.78. The van der Waals surface area contributed by atoms with E-state index in [9.17, 15) is 8.42 Å². The molecule has 0 aliphatic rings. The van der Waals surface area contributed by atoms with Crippen molar-refractivity contribution in [1.29, 1.82) is 0 Å². The highest BCUT2D eigenvalue weighted by atomic mass is 32.3. The Morgan fingerprint density at radius 3 is 2.30 bits per heavy atom. The Kier molecular flexibility index (Phi) is 5.73. The van der Waals surface area contributed by atoms with Crippen molar-refractivity contribution in [3.63, 3.8) is 0 Å². The van der Waals surface area contributed by atoms with E-state index in [1.54, 1.807) is 26.1 Å². The van der Waals surface area contributed by atoms with Gasteiger partial charge in [0.2, 0.25) is 0 Å². The lowest BCUT2D eigenvalue weighted by Crippen LogP contribution is -2.35. The van der Waals surface area contributed by atoms with E-state index in [0.29, 0.717) is 11.5 Å². The van der Waals surface area contributed by atoms with Gasteiger partial charge in [0.1, 0.15) is 17.7 Å². The van der Waals surface area contributed by atoms with Gasteiger partial charge in [0.25, 0.3) is 0 Å². The summed E-state index contributed by atoms with van der Waals surface area (Å²) in [5, 5.41) is 2.72. The molecule has 6 nitrogen and oxygen atoms in total. The van der Waals surface area contributed by atoms with Gasteiger partial charge >= 0.3 is 10.4 Å². The molecule has 0 radical (unpaired) electrons. The second kappa shape index (κ2) is 7.56.